The number of carbonyl (C=O) groups excluding carboxylic acids is 2. The minimum absolute atomic E-state index is 0.0691. The Bertz CT molecular complexity index is 748. The van der Waals surface area contributed by atoms with E-state index in [-0.39, 0.29) is 11.7 Å². The molecule has 2 aromatic rings. The van der Waals surface area contributed by atoms with Gasteiger partial charge in [0.15, 0.2) is 5.78 Å². The molecule has 0 aromatic carbocycles. The number of thiophene rings is 2. The Kier molecular flexibility index (Phi) is 6.28. The number of nitrogens with zero attached hydrogens (tertiary/aromatic N) is 2. The van der Waals surface area contributed by atoms with Crippen molar-refractivity contribution in [2.75, 3.05) is 26.2 Å². The minimum atomic E-state index is 0.0691. The van der Waals surface area contributed by atoms with Crippen LogP contribution in [0.1, 0.15) is 32.3 Å². The van der Waals surface area contributed by atoms with Crippen LogP contribution in [0.2, 0.25) is 4.34 Å². The number of halogens is 1. The molecule has 1 fully saturated rings. The highest BCUT2D eigenvalue weighted by atomic mass is 35.5. The molecule has 3 rings (SSSR count). The quantitative estimate of drug-likeness (QED) is 0.691. The van der Waals surface area contributed by atoms with Gasteiger partial charge in [-0.2, -0.15) is 0 Å². The second-order valence-corrected chi connectivity index (χ2v) is 9.28. The summed E-state index contributed by atoms with van der Waals surface area (Å²) in [5.74, 6) is 0.153. The van der Waals surface area contributed by atoms with Gasteiger partial charge in [-0.15, -0.1) is 22.7 Å². The molecular weight excluding hydrogens is 376 g/mol. The van der Waals surface area contributed by atoms with Crippen molar-refractivity contribution in [3.05, 3.63) is 43.2 Å². The predicted molar refractivity (Wildman–Crippen MR) is 104 cm³/mol. The Labute approximate surface area is 161 Å². The Hall–Kier alpha value is -1.21. The summed E-state index contributed by atoms with van der Waals surface area (Å²) in [5, 5.41) is 0. The second kappa shape index (κ2) is 8.45. The second-order valence-electron chi connectivity index (χ2n) is 6.20. The van der Waals surface area contributed by atoms with Crippen LogP contribution in [-0.2, 0) is 11.3 Å². The lowest BCUT2D eigenvalue weighted by Gasteiger charge is -2.34. The van der Waals surface area contributed by atoms with Gasteiger partial charge in [0.1, 0.15) is 0 Å². The van der Waals surface area contributed by atoms with Crippen LogP contribution in [0.4, 0.5) is 0 Å². The van der Waals surface area contributed by atoms with Crippen molar-refractivity contribution in [1.29, 1.82) is 0 Å². The van der Waals surface area contributed by atoms with E-state index in [0.717, 1.165) is 46.8 Å². The minimum Gasteiger partial charge on any atom is -0.340 e. The van der Waals surface area contributed by atoms with Crippen molar-refractivity contribution >= 4 is 46.0 Å². The van der Waals surface area contributed by atoms with Gasteiger partial charge in [0.25, 0.3) is 0 Å². The first-order valence-electron chi connectivity index (χ1n) is 8.35. The maximum atomic E-state index is 12.4. The van der Waals surface area contributed by atoms with Crippen LogP contribution in [0.25, 0.3) is 0 Å². The number of aryl methyl sites for hydroxylation is 1. The SMILES string of the molecule is Cc1ccc(C(=O)CCC(=O)N2CCN(Cc3ccc(Cl)s3)CC2)s1. The van der Waals surface area contributed by atoms with Crippen molar-refractivity contribution in [2.45, 2.75) is 26.3 Å². The molecule has 1 amide bonds. The lowest BCUT2D eigenvalue weighted by atomic mass is 10.1. The first-order chi connectivity index (χ1) is 12.0. The molecule has 0 aliphatic carbocycles. The molecule has 1 aliphatic rings. The zero-order chi connectivity index (χ0) is 17.8. The Morgan fingerprint density at radius 1 is 1.04 bits per heavy atom. The first kappa shape index (κ1) is 18.6. The third-order valence-corrected chi connectivity index (χ3v) is 6.57. The maximum absolute atomic E-state index is 12.4. The predicted octanol–water partition coefficient (Wildman–Crippen LogP) is 4.08. The van der Waals surface area contributed by atoms with Crippen LogP contribution in [0, 0.1) is 6.92 Å². The molecule has 1 saturated heterocycles. The highest BCUT2D eigenvalue weighted by Gasteiger charge is 2.22. The first-order valence-corrected chi connectivity index (χ1v) is 10.4. The Balaban J connectivity index is 1.41. The molecule has 3 heterocycles. The van der Waals surface area contributed by atoms with Crippen LogP contribution in [0.5, 0.6) is 0 Å². The number of ketones is 1. The Morgan fingerprint density at radius 3 is 2.40 bits per heavy atom. The summed E-state index contributed by atoms with van der Waals surface area (Å²) < 4.78 is 0.814. The van der Waals surface area contributed by atoms with Gasteiger partial charge in [0.2, 0.25) is 5.91 Å². The van der Waals surface area contributed by atoms with Gasteiger partial charge in [0.05, 0.1) is 9.21 Å². The van der Waals surface area contributed by atoms with E-state index >= 15 is 0 Å². The van der Waals surface area contributed by atoms with Crippen molar-refractivity contribution in [1.82, 2.24) is 9.80 Å². The van der Waals surface area contributed by atoms with Crippen molar-refractivity contribution < 1.29 is 9.59 Å². The third-order valence-electron chi connectivity index (χ3n) is 4.31. The summed E-state index contributed by atoms with van der Waals surface area (Å²) in [6.07, 6.45) is 0.600. The highest BCUT2D eigenvalue weighted by molar-refractivity contribution is 7.16. The van der Waals surface area contributed by atoms with Crippen LogP contribution in [0.15, 0.2) is 24.3 Å². The molecule has 134 valence electrons. The van der Waals surface area contributed by atoms with Crippen molar-refractivity contribution in [3.63, 3.8) is 0 Å². The molecule has 25 heavy (non-hydrogen) atoms. The number of rotatable bonds is 6. The summed E-state index contributed by atoms with van der Waals surface area (Å²) >= 11 is 9.07. The van der Waals surface area contributed by atoms with Gasteiger partial charge in [-0.25, -0.2) is 0 Å². The van der Waals surface area contributed by atoms with E-state index in [1.807, 2.05) is 30.0 Å². The van der Waals surface area contributed by atoms with E-state index < -0.39 is 0 Å². The van der Waals surface area contributed by atoms with Crippen molar-refractivity contribution in [3.8, 4) is 0 Å². The molecular formula is C18H21ClN2O2S2. The molecule has 2 aromatic heterocycles. The molecule has 0 saturated carbocycles. The summed E-state index contributed by atoms with van der Waals surface area (Å²) in [6, 6.07) is 7.78. The Morgan fingerprint density at radius 2 is 1.80 bits per heavy atom. The largest absolute Gasteiger partial charge is 0.340 e. The topological polar surface area (TPSA) is 40.6 Å². The molecule has 1 aliphatic heterocycles. The zero-order valence-corrected chi connectivity index (χ0v) is 16.6. The highest BCUT2D eigenvalue weighted by Crippen LogP contribution is 2.23. The third kappa shape index (κ3) is 5.14. The fraction of sp³-hybridized carbons (Fsp3) is 0.444. The molecule has 0 unspecified atom stereocenters. The standard InChI is InChI=1S/C18H21ClN2O2S2/c1-13-2-5-16(24-13)15(22)4-7-18(23)21-10-8-20(9-11-21)12-14-3-6-17(19)25-14/h2-3,5-6H,4,7-12H2,1H3. The number of hydrogen-bond donors (Lipinski definition) is 0. The molecule has 7 heteroatoms. The van der Waals surface area contributed by atoms with Gasteiger partial charge in [-0.1, -0.05) is 11.6 Å². The van der Waals surface area contributed by atoms with Gasteiger partial charge < -0.3 is 4.90 Å². The van der Waals surface area contributed by atoms with Crippen molar-refractivity contribution in [2.24, 2.45) is 0 Å². The van der Waals surface area contributed by atoms with Gasteiger partial charge in [-0.3, -0.25) is 14.5 Å². The fourth-order valence-corrected chi connectivity index (χ4v) is 4.86. The smallest absolute Gasteiger partial charge is 0.223 e. The molecule has 0 atom stereocenters. The fourth-order valence-electron chi connectivity index (χ4n) is 2.90. The summed E-state index contributed by atoms with van der Waals surface area (Å²) in [7, 11) is 0. The average Bonchev–Trinajstić information content (AvgIpc) is 3.21. The number of amides is 1. The maximum Gasteiger partial charge on any atom is 0.223 e. The lowest BCUT2D eigenvalue weighted by molar-refractivity contribution is -0.132. The van der Waals surface area contributed by atoms with Gasteiger partial charge in [0, 0.05) is 55.3 Å². The number of Topliss-reactive ketones (excluding diaryl/α,β-unsaturated/α-hetero) is 1. The summed E-state index contributed by atoms with van der Waals surface area (Å²) in [5.41, 5.74) is 0. The van der Waals surface area contributed by atoms with E-state index in [2.05, 4.69) is 11.0 Å². The molecule has 0 radical (unpaired) electrons. The van der Waals surface area contributed by atoms with E-state index in [1.54, 1.807) is 11.3 Å². The van der Waals surface area contributed by atoms with E-state index in [4.69, 9.17) is 11.6 Å². The number of carbonyl (C=O) groups is 2. The molecule has 0 N–H and O–H groups in total. The average molecular weight is 397 g/mol. The van der Waals surface area contributed by atoms with E-state index in [9.17, 15) is 9.59 Å². The normalized spacial score (nSPS) is 15.5. The van der Waals surface area contributed by atoms with E-state index in [0.29, 0.717) is 12.8 Å². The molecule has 0 bridgehead atoms. The van der Waals surface area contributed by atoms with Crippen LogP contribution in [-0.4, -0.2) is 47.7 Å². The number of hydrogen-bond acceptors (Lipinski definition) is 5. The van der Waals surface area contributed by atoms with E-state index in [1.165, 1.54) is 16.2 Å². The van der Waals surface area contributed by atoms with Gasteiger partial charge >= 0.3 is 0 Å². The monoisotopic (exact) mass is 396 g/mol. The van der Waals surface area contributed by atoms with Crippen LogP contribution in [0.3, 0.4) is 0 Å². The lowest BCUT2D eigenvalue weighted by Crippen LogP contribution is -2.48. The molecule has 0 spiro atoms. The summed E-state index contributed by atoms with van der Waals surface area (Å²) in [4.78, 5) is 31.8. The molecule has 4 nitrogen and oxygen atoms in total. The zero-order valence-electron chi connectivity index (χ0n) is 14.2. The van der Waals surface area contributed by atoms with Crippen LogP contribution >= 0.6 is 34.3 Å². The van der Waals surface area contributed by atoms with Gasteiger partial charge in [-0.05, 0) is 31.2 Å². The number of piperazine rings is 1. The summed E-state index contributed by atoms with van der Waals surface area (Å²) in [6.45, 7) is 6.04. The van der Waals surface area contributed by atoms with Crippen LogP contribution < -0.4 is 0 Å².